The summed E-state index contributed by atoms with van der Waals surface area (Å²) in [6, 6.07) is 3.25. The molecule has 0 spiro atoms. The van der Waals surface area contributed by atoms with E-state index in [1.807, 2.05) is 27.7 Å². The van der Waals surface area contributed by atoms with Gasteiger partial charge in [-0.15, -0.1) is 0 Å². The topological polar surface area (TPSA) is 75.6 Å². The van der Waals surface area contributed by atoms with E-state index in [9.17, 15) is 27.9 Å². The van der Waals surface area contributed by atoms with E-state index in [2.05, 4.69) is 0 Å². The summed E-state index contributed by atoms with van der Waals surface area (Å²) in [5.74, 6) is -2.27. The quantitative estimate of drug-likeness (QED) is 0.761. The molecule has 1 aromatic carbocycles. The first-order valence-corrected chi connectivity index (χ1v) is 7.79. The van der Waals surface area contributed by atoms with Gasteiger partial charge in [0.15, 0.2) is 6.61 Å². The lowest BCUT2D eigenvalue weighted by Crippen LogP contribution is -2.36. The molecule has 0 fully saturated rings. The van der Waals surface area contributed by atoms with Gasteiger partial charge in [0.25, 0.3) is 5.91 Å². The van der Waals surface area contributed by atoms with Gasteiger partial charge in [-0.3, -0.25) is 4.79 Å². The van der Waals surface area contributed by atoms with Gasteiger partial charge in [-0.1, -0.05) is 33.8 Å². The highest BCUT2D eigenvalue weighted by Gasteiger charge is 2.28. The molecule has 25 heavy (non-hydrogen) atoms. The second-order valence-electron chi connectivity index (χ2n) is 6.28. The van der Waals surface area contributed by atoms with Crippen LogP contribution < -0.4 is 5.32 Å². The first kappa shape index (κ1) is 20.8. The maximum atomic E-state index is 12.1. The lowest BCUT2D eigenvalue weighted by atomic mass is 9.92. The third-order valence-electron chi connectivity index (χ3n) is 3.49. The van der Waals surface area contributed by atoms with Crippen molar-refractivity contribution >= 4 is 11.9 Å². The first-order chi connectivity index (χ1) is 11.4. The van der Waals surface area contributed by atoms with Gasteiger partial charge < -0.3 is 15.2 Å². The van der Waals surface area contributed by atoms with E-state index in [-0.39, 0.29) is 23.1 Å². The molecule has 1 aromatic rings. The number of carbonyl (C=O) groups excluding carboxylic acids is 2. The normalized spacial score (nSPS) is 11.7. The van der Waals surface area contributed by atoms with Gasteiger partial charge >= 0.3 is 12.1 Å². The van der Waals surface area contributed by atoms with Gasteiger partial charge in [0.2, 0.25) is 0 Å². The largest absolute Gasteiger partial charge is 0.507 e. The van der Waals surface area contributed by atoms with Crippen LogP contribution in [-0.4, -0.2) is 36.3 Å². The van der Waals surface area contributed by atoms with Crippen molar-refractivity contribution in [2.75, 3.05) is 13.2 Å². The van der Waals surface area contributed by atoms with E-state index in [0.717, 1.165) is 5.56 Å². The number of amides is 1. The molecular formula is C17H22F3NO4. The second kappa shape index (κ2) is 8.22. The van der Waals surface area contributed by atoms with Crippen molar-refractivity contribution in [1.29, 1.82) is 0 Å². The van der Waals surface area contributed by atoms with E-state index >= 15 is 0 Å². The number of aromatic hydroxyl groups is 1. The monoisotopic (exact) mass is 361 g/mol. The van der Waals surface area contributed by atoms with Crippen molar-refractivity contribution in [2.45, 2.75) is 45.7 Å². The summed E-state index contributed by atoms with van der Waals surface area (Å²) in [6.07, 6.45) is -4.55. The zero-order valence-electron chi connectivity index (χ0n) is 14.5. The van der Waals surface area contributed by atoms with Crippen LogP contribution >= 0.6 is 0 Å². The molecule has 140 valence electrons. The number of nitrogens with one attached hydrogen (secondary N) is 1. The van der Waals surface area contributed by atoms with Crippen LogP contribution in [0.15, 0.2) is 12.1 Å². The van der Waals surface area contributed by atoms with Crippen LogP contribution in [0.2, 0.25) is 0 Å². The minimum absolute atomic E-state index is 0.0552. The number of phenolic OH excluding ortho intramolecular Hbond substituents is 1. The molecule has 5 nitrogen and oxygen atoms in total. The standard InChI is InChI=1S/C17H22F3NO4/c1-9(2)11-5-12(10(3)4)15(23)13(6-11)16(24)25-7-14(22)21-8-17(18,19)20/h5-6,9-10,23H,7-8H2,1-4H3,(H,21,22). The fourth-order valence-electron chi connectivity index (χ4n) is 2.07. The van der Waals surface area contributed by atoms with Gasteiger partial charge in [-0.25, -0.2) is 4.79 Å². The van der Waals surface area contributed by atoms with Gasteiger partial charge in [0.1, 0.15) is 17.9 Å². The molecule has 0 aliphatic carbocycles. The minimum atomic E-state index is -4.55. The van der Waals surface area contributed by atoms with E-state index in [1.54, 1.807) is 11.4 Å². The van der Waals surface area contributed by atoms with Crippen molar-refractivity contribution < 1.29 is 32.6 Å². The molecule has 0 aromatic heterocycles. The predicted molar refractivity (Wildman–Crippen MR) is 85.6 cm³/mol. The molecule has 1 rings (SSSR count). The van der Waals surface area contributed by atoms with Crippen LogP contribution in [0.25, 0.3) is 0 Å². The van der Waals surface area contributed by atoms with E-state index < -0.39 is 31.2 Å². The zero-order chi connectivity index (χ0) is 19.4. The highest BCUT2D eigenvalue weighted by Crippen LogP contribution is 2.33. The number of phenols is 1. The summed E-state index contributed by atoms with van der Waals surface area (Å²) in [5, 5.41) is 11.9. The molecule has 0 atom stereocenters. The number of alkyl halides is 3. The Morgan fingerprint density at radius 2 is 1.76 bits per heavy atom. The molecule has 8 heteroatoms. The van der Waals surface area contributed by atoms with Crippen molar-refractivity contribution in [2.24, 2.45) is 0 Å². The number of hydrogen-bond acceptors (Lipinski definition) is 4. The molecule has 0 aliphatic rings. The maximum Gasteiger partial charge on any atom is 0.405 e. The Balaban J connectivity index is 2.89. The summed E-state index contributed by atoms with van der Waals surface area (Å²) in [5.41, 5.74) is 1.24. The van der Waals surface area contributed by atoms with Crippen LogP contribution in [0.1, 0.15) is 61.0 Å². The fraction of sp³-hybridized carbons (Fsp3) is 0.529. The van der Waals surface area contributed by atoms with Crippen molar-refractivity contribution in [3.05, 3.63) is 28.8 Å². The lowest BCUT2D eigenvalue weighted by molar-refractivity contribution is -0.140. The molecule has 0 aliphatic heterocycles. The molecule has 1 amide bonds. The highest BCUT2D eigenvalue weighted by molar-refractivity contribution is 5.94. The Bertz CT molecular complexity index is 640. The third kappa shape index (κ3) is 6.28. The van der Waals surface area contributed by atoms with Gasteiger partial charge in [-0.2, -0.15) is 13.2 Å². The van der Waals surface area contributed by atoms with Gasteiger partial charge in [-0.05, 0) is 29.0 Å². The SMILES string of the molecule is CC(C)c1cc(C(=O)OCC(=O)NCC(F)(F)F)c(O)c(C(C)C)c1. The van der Waals surface area contributed by atoms with Crippen LogP contribution in [0.5, 0.6) is 5.75 Å². The fourth-order valence-corrected chi connectivity index (χ4v) is 2.07. The molecule has 0 saturated heterocycles. The van der Waals surface area contributed by atoms with Crippen LogP contribution in [-0.2, 0) is 9.53 Å². The molecule has 2 N–H and O–H groups in total. The average molecular weight is 361 g/mol. The molecule has 0 saturated carbocycles. The maximum absolute atomic E-state index is 12.1. The van der Waals surface area contributed by atoms with Gasteiger partial charge in [0, 0.05) is 0 Å². The number of ether oxygens (including phenoxy) is 1. The zero-order valence-corrected chi connectivity index (χ0v) is 14.5. The van der Waals surface area contributed by atoms with E-state index in [0.29, 0.717) is 5.56 Å². The van der Waals surface area contributed by atoms with Crippen LogP contribution in [0.3, 0.4) is 0 Å². The number of hydrogen-bond donors (Lipinski definition) is 2. The van der Waals surface area contributed by atoms with E-state index in [4.69, 9.17) is 4.74 Å². The van der Waals surface area contributed by atoms with Crippen molar-refractivity contribution in [1.82, 2.24) is 5.32 Å². The molecule has 0 unspecified atom stereocenters. The number of halogens is 3. The summed E-state index contributed by atoms with van der Waals surface area (Å²) in [6.45, 7) is 5.15. The molecular weight excluding hydrogens is 339 g/mol. The summed E-state index contributed by atoms with van der Waals surface area (Å²) in [4.78, 5) is 23.4. The predicted octanol–water partition coefficient (Wildman–Crippen LogP) is 3.47. The number of carbonyl (C=O) groups is 2. The third-order valence-corrected chi connectivity index (χ3v) is 3.49. The Morgan fingerprint density at radius 3 is 2.24 bits per heavy atom. The Labute approximate surface area is 144 Å². The lowest BCUT2D eigenvalue weighted by Gasteiger charge is -2.16. The van der Waals surface area contributed by atoms with Crippen LogP contribution in [0, 0.1) is 0 Å². The Hall–Kier alpha value is -2.25. The first-order valence-electron chi connectivity index (χ1n) is 7.79. The molecule has 0 heterocycles. The Kier molecular flexibility index (Phi) is 6.84. The van der Waals surface area contributed by atoms with E-state index in [1.165, 1.54) is 6.07 Å². The molecule has 0 bridgehead atoms. The number of rotatable bonds is 6. The summed E-state index contributed by atoms with van der Waals surface area (Å²) < 4.78 is 40.8. The summed E-state index contributed by atoms with van der Waals surface area (Å²) >= 11 is 0. The van der Waals surface area contributed by atoms with Gasteiger partial charge in [0.05, 0.1) is 0 Å². The highest BCUT2D eigenvalue weighted by atomic mass is 19.4. The number of benzene rings is 1. The Morgan fingerprint density at radius 1 is 1.16 bits per heavy atom. The van der Waals surface area contributed by atoms with Crippen LogP contribution in [0.4, 0.5) is 13.2 Å². The molecule has 0 radical (unpaired) electrons. The second-order valence-corrected chi connectivity index (χ2v) is 6.28. The van der Waals surface area contributed by atoms with Crippen molar-refractivity contribution in [3.8, 4) is 5.75 Å². The minimum Gasteiger partial charge on any atom is -0.507 e. The smallest absolute Gasteiger partial charge is 0.405 e. The number of esters is 1. The average Bonchev–Trinajstić information content (AvgIpc) is 2.49. The summed E-state index contributed by atoms with van der Waals surface area (Å²) in [7, 11) is 0. The van der Waals surface area contributed by atoms with Crippen molar-refractivity contribution in [3.63, 3.8) is 0 Å².